The van der Waals surface area contributed by atoms with Crippen molar-refractivity contribution < 1.29 is 0 Å². The number of rotatable bonds is 5. The summed E-state index contributed by atoms with van der Waals surface area (Å²) in [6, 6.07) is 4.55. The fourth-order valence-corrected chi connectivity index (χ4v) is 4.26. The third kappa shape index (κ3) is 2.63. The van der Waals surface area contributed by atoms with E-state index < -0.39 is 0 Å². The zero-order valence-corrected chi connectivity index (χ0v) is 12.1. The molecule has 18 heavy (non-hydrogen) atoms. The highest BCUT2D eigenvalue weighted by Gasteiger charge is 2.52. The van der Waals surface area contributed by atoms with E-state index in [4.69, 9.17) is 0 Å². The van der Waals surface area contributed by atoms with Gasteiger partial charge in [-0.25, -0.2) is 0 Å². The molecule has 0 bridgehead atoms. The molecule has 1 spiro atoms. The minimum atomic E-state index is 0.724. The second-order valence-corrected chi connectivity index (χ2v) is 7.12. The first-order chi connectivity index (χ1) is 8.82. The van der Waals surface area contributed by atoms with Crippen LogP contribution in [0.3, 0.4) is 0 Å². The predicted octanol–water partition coefficient (Wildman–Crippen LogP) is 2.79. The summed E-state index contributed by atoms with van der Waals surface area (Å²) in [5, 5.41) is 7.14. The van der Waals surface area contributed by atoms with Crippen LogP contribution in [-0.2, 0) is 13.0 Å². The molecule has 1 aromatic heterocycles. The molecule has 1 aliphatic carbocycles. The van der Waals surface area contributed by atoms with Crippen LogP contribution < -0.4 is 10.6 Å². The average molecular weight is 264 g/mol. The standard InChI is InChI=1S/C15H24N2S/c1-2-13-3-4-14(18-13)11-17-10-12-9-15(12)5-7-16-8-6-15/h3-4,12,16-17H,2,5-11H2,1H3. The predicted molar refractivity (Wildman–Crippen MR) is 78.0 cm³/mol. The van der Waals surface area contributed by atoms with E-state index in [1.54, 1.807) is 0 Å². The molecule has 1 unspecified atom stereocenters. The maximum Gasteiger partial charge on any atom is 0.0299 e. The fourth-order valence-electron chi connectivity index (χ4n) is 3.33. The van der Waals surface area contributed by atoms with Gasteiger partial charge in [0.25, 0.3) is 0 Å². The molecule has 3 heteroatoms. The van der Waals surface area contributed by atoms with Crippen molar-refractivity contribution in [3.63, 3.8) is 0 Å². The highest BCUT2D eigenvalue weighted by molar-refractivity contribution is 7.11. The van der Waals surface area contributed by atoms with Gasteiger partial charge in [-0.05, 0) is 68.8 Å². The number of hydrogen-bond acceptors (Lipinski definition) is 3. The van der Waals surface area contributed by atoms with E-state index >= 15 is 0 Å². The Morgan fingerprint density at radius 1 is 1.33 bits per heavy atom. The third-order valence-electron chi connectivity index (χ3n) is 4.71. The molecule has 1 saturated carbocycles. The van der Waals surface area contributed by atoms with Gasteiger partial charge < -0.3 is 10.6 Å². The highest BCUT2D eigenvalue weighted by Crippen LogP contribution is 2.58. The van der Waals surface area contributed by atoms with Crippen LogP contribution in [0.2, 0.25) is 0 Å². The molecule has 100 valence electrons. The monoisotopic (exact) mass is 264 g/mol. The van der Waals surface area contributed by atoms with Crippen molar-refractivity contribution in [3.8, 4) is 0 Å². The molecule has 1 atom stereocenters. The van der Waals surface area contributed by atoms with Gasteiger partial charge in [-0.1, -0.05) is 6.92 Å². The molecule has 0 radical (unpaired) electrons. The van der Waals surface area contributed by atoms with E-state index in [-0.39, 0.29) is 0 Å². The van der Waals surface area contributed by atoms with Gasteiger partial charge in [0.15, 0.2) is 0 Å². The lowest BCUT2D eigenvalue weighted by atomic mass is 9.92. The van der Waals surface area contributed by atoms with Gasteiger partial charge in [0.05, 0.1) is 0 Å². The van der Waals surface area contributed by atoms with Crippen molar-refractivity contribution in [3.05, 3.63) is 21.9 Å². The van der Waals surface area contributed by atoms with Crippen LogP contribution in [0.4, 0.5) is 0 Å². The Bertz CT molecular complexity index is 393. The van der Waals surface area contributed by atoms with Gasteiger partial charge in [-0.2, -0.15) is 0 Å². The van der Waals surface area contributed by atoms with Gasteiger partial charge in [-0.15, -0.1) is 11.3 Å². The van der Waals surface area contributed by atoms with Gasteiger partial charge >= 0.3 is 0 Å². The van der Waals surface area contributed by atoms with Crippen molar-refractivity contribution in [1.82, 2.24) is 10.6 Å². The molecule has 2 heterocycles. The SMILES string of the molecule is CCc1ccc(CNCC2CC23CCNCC3)s1. The van der Waals surface area contributed by atoms with E-state index in [9.17, 15) is 0 Å². The van der Waals surface area contributed by atoms with E-state index in [0.29, 0.717) is 0 Å². The van der Waals surface area contributed by atoms with Crippen molar-refractivity contribution >= 4 is 11.3 Å². The Hall–Kier alpha value is -0.380. The minimum Gasteiger partial charge on any atom is -0.317 e. The van der Waals surface area contributed by atoms with E-state index in [2.05, 4.69) is 29.7 Å². The van der Waals surface area contributed by atoms with E-state index in [1.807, 2.05) is 11.3 Å². The van der Waals surface area contributed by atoms with E-state index in [0.717, 1.165) is 17.9 Å². The lowest BCUT2D eigenvalue weighted by molar-refractivity contribution is 0.319. The van der Waals surface area contributed by atoms with Crippen LogP contribution in [0, 0.1) is 11.3 Å². The highest BCUT2D eigenvalue weighted by atomic mass is 32.1. The summed E-state index contributed by atoms with van der Waals surface area (Å²) in [5.41, 5.74) is 0.724. The Balaban J connectivity index is 1.40. The first kappa shape index (κ1) is 12.6. The Morgan fingerprint density at radius 3 is 2.83 bits per heavy atom. The first-order valence-corrected chi connectivity index (χ1v) is 8.13. The Morgan fingerprint density at radius 2 is 2.11 bits per heavy atom. The molecular formula is C15H24N2S. The summed E-state index contributed by atoms with van der Waals surface area (Å²) < 4.78 is 0. The summed E-state index contributed by atoms with van der Waals surface area (Å²) in [5.74, 6) is 0.949. The second kappa shape index (κ2) is 5.32. The third-order valence-corrected chi connectivity index (χ3v) is 5.94. The Kier molecular flexibility index (Phi) is 3.73. The van der Waals surface area contributed by atoms with Crippen LogP contribution in [0.25, 0.3) is 0 Å². The van der Waals surface area contributed by atoms with Crippen LogP contribution >= 0.6 is 11.3 Å². The van der Waals surface area contributed by atoms with Crippen LogP contribution in [0.15, 0.2) is 12.1 Å². The average Bonchev–Trinajstić information content (AvgIpc) is 2.88. The molecule has 3 rings (SSSR count). The number of hydrogen-bond donors (Lipinski definition) is 2. The lowest BCUT2D eigenvalue weighted by Crippen LogP contribution is -2.31. The van der Waals surface area contributed by atoms with Crippen LogP contribution in [0.5, 0.6) is 0 Å². The summed E-state index contributed by atoms with van der Waals surface area (Å²) in [7, 11) is 0. The largest absolute Gasteiger partial charge is 0.317 e. The second-order valence-electron chi connectivity index (χ2n) is 5.87. The number of nitrogens with one attached hydrogen (secondary N) is 2. The number of piperidine rings is 1. The van der Waals surface area contributed by atoms with Gasteiger partial charge in [-0.3, -0.25) is 0 Å². The van der Waals surface area contributed by atoms with Gasteiger partial charge in [0, 0.05) is 16.3 Å². The summed E-state index contributed by atoms with van der Waals surface area (Å²) >= 11 is 1.96. The maximum absolute atomic E-state index is 3.66. The summed E-state index contributed by atoms with van der Waals surface area (Å²) in [6.07, 6.45) is 5.44. The zero-order chi connectivity index (χ0) is 12.4. The molecule has 1 saturated heterocycles. The minimum absolute atomic E-state index is 0.724. The first-order valence-electron chi connectivity index (χ1n) is 7.31. The molecule has 2 aliphatic rings. The van der Waals surface area contributed by atoms with Crippen molar-refractivity contribution in [2.24, 2.45) is 11.3 Å². The fraction of sp³-hybridized carbons (Fsp3) is 0.733. The lowest BCUT2D eigenvalue weighted by Gasteiger charge is -2.23. The number of aryl methyl sites for hydroxylation is 1. The molecule has 1 aliphatic heterocycles. The molecule has 0 aromatic carbocycles. The van der Waals surface area contributed by atoms with Crippen LogP contribution in [-0.4, -0.2) is 19.6 Å². The van der Waals surface area contributed by atoms with Crippen LogP contribution in [0.1, 0.15) is 35.9 Å². The van der Waals surface area contributed by atoms with E-state index in [1.165, 1.54) is 55.1 Å². The van der Waals surface area contributed by atoms with Crippen molar-refractivity contribution in [2.45, 2.75) is 39.2 Å². The molecular weight excluding hydrogens is 240 g/mol. The smallest absolute Gasteiger partial charge is 0.0299 e. The van der Waals surface area contributed by atoms with Gasteiger partial charge in [0.2, 0.25) is 0 Å². The van der Waals surface area contributed by atoms with Gasteiger partial charge in [0.1, 0.15) is 0 Å². The molecule has 2 nitrogen and oxygen atoms in total. The molecule has 0 amide bonds. The summed E-state index contributed by atoms with van der Waals surface area (Å²) in [6.45, 7) is 6.99. The summed E-state index contributed by atoms with van der Waals surface area (Å²) in [4.78, 5) is 3.00. The molecule has 2 fully saturated rings. The molecule has 2 N–H and O–H groups in total. The maximum atomic E-state index is 3.66. The Labute approximate surface area is 114 Å². The zero-order valence-electron chi connectivity index (χ0n) is 11.3. The quantitative estimate of drug-likeness (QED) is 0.854. The normalized spacial score (nSPS) is 25.5. The topological polar surface area (TPSA) is 24.1 Å². The van der Waals surface area contributed by atoms with Crippen molar-refractivity contribution in [1.29, 1.82) is 0 Å². The van der Waals surface area contributed by atoms with Crippen molar-refractivity contribution in [2.75, 3.05) is 19.6 Å². The number of thiophene rings is 1. The molecule has 1 aromatic rings.